The van der Waals surface area contributed by atoms with Gasteiger partial charge in [0.2, 0.25) is 0 Å². The Morgan fingerprint density at radius 3 is 2.67 bits per heavy atom. The van der Waals surface area contributed by atoms with Crippen molar-refractivity contribution in [3.8, 4) is 5.82 Å². The Bertz CT molecular complexity index is 578. The highest BCUT2D eigenvalue weighted by molar-refractivity contribution is 9.10. The van der Waals surface area contributed by atoms with E-state index in [1.807, 2.05) is 17.7 Å². The van der Waals surface area contributed by atoms with E-state index in [-0.39, 0.29) is 0 Å². The number of alkyl halides is 1. The van der Waals surface area contributed by atoms with Crippen molar-refractivity contribution < 1.29 is 0 Å². The number of rotatable bonds is 3. The van der Waals surface area contributed by atoms with Crippen LogP contribution in [-0.4, -0.2) is 14.8 Å². The number of aryl methyl sites for hydroxylation is 1. The maximum absolute atomic E-state index is 5.98. The van der Waals surface area contributed by atoms with Crippen LogP contribution >= 0.6 is 27.5 Å². The summed E-state index contributed by atoms with van der Waals surface area (Å²) in [6.45, 7) is 6.24. The number of hydrogen-bond donors (Lipinski definition) is 0. The van der Waals surface area contributed by atoms with E-state index < -0.39 is 0 Å². The van der Waals surface area contributed by atoms with Gasteiger partial charge in [0.05, 0.1) is 11.6 Å². The minimum atomic E-state index is 0.418. The molecule has 18 heavy (non-hydrogen) atoms. The van der Waals surface area contributed by atoms with E-state index in [9.17, 15) is 0 Å². The van der Waals surface area contributed by atoms with Crippen LogP contribution in [0, 0.1) is 13.8 Å². The number of halogens is 2. The first-order valence-corrected chi connectivity index (χ1v) is 7.17. The summed E-state index contributed by atoms with van der Waals surface area (Å²) in [5.41, 5.74) is 4.44. The van der Waals surface area contributed by atoms with Crippen molar-refractivity contribution in [1.82, 2.24) is 14.8 Å². The van der Waals surface area contributed by atoms with E-state index in [2.05, 4.69) is 39.9 Å². The fourth-order valence-electron chi connectivity index (χ4n) is 2.16. The Morgan fingerprint density at radius 1 is 1.39 bits per heavy atom. The van der Waals surface area contributed by atoms with Crippen molar-refractivity contribution in [2.75, 3.05) is 0 Å². The first-order valence-electron chi connectivity index (χ1n) is 5.84. The molecule has 96 valence electrons. The lowest BCUT2D eigenvalue weighted by Gasteiger charge is -2.08. The molecule has 3 nitrogen and oxygen atoms in total. The molecule has 2 heterocycles. The predicted octanol–water partition coefficient (Wildman–Crippen LogP) is 3.95. The summed E-state index contributed by atoms with van der Waals surface area (Å²) >= 11 is 9.40. The van der Waals surface area contributed by atoms with Crippen LogP contribution in [0.5, 0.6) is 0 Å². The van der Waals surface area contributed by atoms with Crippen molar-refractivity contribution in [3.63, 3.8) is 0 Å². The molecule has 0 spiro atoms. The first kappa shape index (κ1) is 13.6. The van der Waals surface area contributed by atoms with E-state index >= 15 is 0 Å². The van der Waals surface area contributed by atoms with E-state index in [0.717, 1.165) is 33.7 Å². The largest absolute Gasteiger partial charge is 0.236 e. The summed E-state index contributed by atoms with van der Waals surface area (Å²) < 4.78 is 2.82. The molecule has 0 N–H and O–H groups in total. The van der Waals surface area contributed by atoms with Crippen LogP contribution in [0.25, 0.3) is 5.82 Å². The quantitative estimate of drug-likeness (QED) is 0.799. The molecule has 0 aliphatic heterocycles. The minimum absolute atomic E-state index is 0.418. The molecule has 5 heteroatoms. The van der Waals surface area contributed by atoms with Crippen LogP contribution in [0.15, 0.2) is 16.7 Å². The molecule has 0 unspecified atom stereocenters. The molecule has 0 amide bonds. The van der Waals surface area contributed by atoms with Crippen molar-refractivity contribution in [2.24, 2.45) is 0 Å². The molecular formula is C13H15BrClN3. The molecule has 0 radical (unpaired) electrons. The molecular weight excluding hydrogens is 314 g/mol. The lowest BCUT2D eigenvalue weighted by Crippen LogP contribution is -2.05. The molecule has 0 atom stereocenters. The summed E-state index contributed by atoms with van der Waals surface area (Å²) in [6.07, 6.45) is 2.75. The molecule has 0 saturated carbocycles. The highest BCUT2D eigenvalue weighted by Crippen LogP contribution is 2.22. The number of hydrogen-bond acceptors (Lipinski definition) is 2. The van der Waals surface area contributed by atoms with Gasteiger partial charge in [-0.3, -0.25) is 0 Å². The van der Waals surface area contributed by atoms with Crippen molar-refractivity contribution in [3.05, 3.63) is 39.3 Å². The zero-order valence-corrected chi connectivity index (χ0v) is 13.0. The van der Waals surface area contributed by atoms with Crippen molar-refractivity contribution in [2.45, 2.75) is 33.1 Å². The number of aromatic nitrogens is 3. The standard InChI is InChI=1S/C13H15BrClN3/c1-4-12-8(2)17-18(9(12)3)13-10(6-15)5-11(14)7-16-13/h5,7H,4,6H2,1-3H3. The maximum Gasteiger partial charge on any atom is 0.158 e. The van der Waals surface area contributed by atoms with Gasteiger partial charge in [-0.15, -0.1) is 11.6 Å². The topological polar surface area (TPSA) is 30.7 Å². The highest BCUT2D eigenvalue weighted by Gasteiger charge is 2.14. The zero-order chi connectivity index (χ0) is 13.3. The second-order valence-corrected chi connectivity index (χ2v) is 5.37. The van der Waals surface area contributed by atoms with Crippen LogP contribution < -0.4 is 0 Å². The summed E-state index contributed by atoms with van der Waals surface area (Å²) in [4.78, 5) is 4.44. The van der Waals surface area contributed by atoms with E-state index in [4.69, 9.17) is 11.6 Å². The Morgan fingerprint density at radius 2 is 2.11 bits per heavy atom. The molecule has 0 aromatic carbocycles. The third kappa shape index (κ3) is 2.31. The predicted molar refractivity (Wildman–Crippen MR) is 77.5 cm³/mol. The van der Waals surface area contributed by atoms with Gasteiger partial charge in [-0.2, -0.15) is 5.10 Å². The first-order chi connectivity index (χ1) is 8.58. The van der Waals surface area contributed by atoms with E-state index in [0.29, 0.717) is 5.88 Å². The fraction of sp³-hybridized carbons (Fsp3) is 0.385. The van der Waals surface area contributed by atoms with Gasteiger partial charge < -0.3 is 0 Å². The van der Waals surface area contributed by atoms with Gasteiger partial charge in [0.15, 0.2) is 5.82 Å². The summed E-state index contributed by atoms with van der Waals surface area (Å²) in [7, 11) is 0. The Kier molecular flexibility index (Phi) is 4.07. The monoisotopic (exact) mass is 327 g/mol. The lowest BCUT2D eigenvalue weighted by molar-refractivity contribution is 0.795. The third-order valence-corrected chi connectivity index (χ3v) is 3.77. The van der Waals surface area contributed by atoms with E-state index in [1.165, 1.54) is 5.56 Å². The number of nitrogens with zero attached hydrogens (tertiary/aromatic N) is 3. The van der Waals surface area contributed by atoms with Crippen LogP contribution in [0.4, 0.5) is 0 Å². The fourth-order valence-corrected chi connectivity index (χ4v) is 2.73. The average molecular weight is 329 g/mol. The van der Waals surface area contributed by atoms with Crippen LogP contribution in [-0.2, 0) is 12.3 Å². The molecule has 0 aliphatic rings. The smallest absolute Gasteiger partial charge is 0.158 e. The van der Waals surface area contributed by atoms with Gasteiger partial charge in [-0.25, -0.2) is 9.67 Å². The molecule has 0 saturated heterocycles. The highest BCUT2D eigenvalue weighted by atomic mass is 79.9. The Labute approximate surface area is 120 Å². The molecule has 0 fully saturated rings. The van der Waals surface area contributed by atoms with Gasteiger partial charge in [0.25, 0.3) is 0 Å². The van der Waals surface area contributed by atoms with E-state index in [1.54, 1.807) is 6.20 Å². The molecule has 2 aromatic rings. The van der Waals surface area contributed by atoms with Crippen LogP contribution in [0.2, 0.25) is 0 Å². The summed E-state index contributed by atoms with van der Waals surface area (Å²) in [6, 6.07) is 1.98. The summed E-state index contributed by atoms with van der Waals surface area (Å²) in [5.74, 6) is 1.23. The Hall–Kier alpha value is -0.870. The number of pyridine rings is 1. The van der Waals surface area contributed by atoms with Crippen LogP contribution in [0.1, 0.15) is 29.4 Å². The Balaban J connectivity index is 2.62. The normalized spacial score (nSPS) is 10.9. The average Bonchev–Trinajstić information content (AvgIpc) is 2.64. The third-order valence-electron chi connectivity index (χ3n) is 3.05. The van der Waals surface area contributed by atoms with Crippen molar-refractivity contribution >= 4 is 27.5 Å². The molecule has 0 aliphatic carbocycles. The second kappa shape index (κ2) is 5.41. The maximum atomic E-state index is 5.98. The van der Waals surface area contributed by atoms with Gasteiger partial charge >= 0.3 is 0 Å². The van der Waals surface area contributed by atoms with Crippen molar-refractivity contribution in [1.29, 1.82) is 0 Å². The SMILES string of the molecule is CCc1c(C)nn(-c2ncc(Br)cc2CCl)c1C. The molecule has 2 aromatic heterocycles. The van der Waals surface area contributed by atoms with Gasteiger partial charge in [-0.05, 0) is 47.8 Å². The molecule has 2 rings (SSSR count). The zero-order valence-electron chi connectivity index (χ0n) is 10.7. The van der Waals surface area contributed by atoms with Gasteiger partial charge in [0.1, 0.15) is 0 Å². The molecule has 0 bridgehead atoms. The van der Waals surface area contributed by atoms with Gasteiger partial charge in [-0.1, -0.05) is 6.92 Å². The summed E-state index contributed by atoms with van der Waals surface area (Å²) in [5, 5.41) is 4.57. The minimum Gasteiger partial charge on any atom is -0.236 e. The van der Waals surface area contributed by atoms with Gasteiger partial charge in [0, 0.05) is 21.9 Å². The second-order valence-electron chi connectivity index (χ2n) is 4.18. The van der Waals surface area contributed by atoms with Crippen LogP contribution in [0.3, 0.4) is 0 Å². The lowest BCUT2D eigenvalue weighted by atomic mass is 10.1.